The van der Waals surface area contributed by atoms with E-state index < -0.39 is 12.0 Å². The van der Waals surface area contributed by atoms with E-state index in [1.165, 1.54) is 0 Å². The second-order valence-corrected chi connectivity index (χ2v) is 6.74. The van der Waals surface area contributed by atoms with Gasteiger partial charge in [-0.2, -0.15) is 13.2 Å². The Kier molecular flexibility index (Phi) is 5.43. The lowest BCUT2D eigenvalue weighted by molar-refractivity contribution is -0.145. The number of aryl methyl sites for hydroxylation is 1. The zero-order valence-electron chi connectivity index (χ0n) is 15.6. The monoisotopic (exact) mass is 380 g/mol. The van der Waals surface area contributed by atoms with Crippen LogP contribution < -0.4 is 15.0 Å². The summed E-state index contributed by atoms with van der Waals surface area (Å²) in [5.41, 5.74) is 2.00. The molecule has 1 aliphatic rings. The van der Waals surface area contributed by atoms with Crippen LogP contribution in [0.25, 0.3) is 0 Å². The van der Waals surface area contributed by atoms with Crippen LogP contribution in [0.1, 0.15) is 29.9 Å². The number of halogens is 3. The van der Waals surface area contributed by atoms with Gasteiger partial charge in [-0.05, 0) is 51.0 Å². The molecule has 1 aliphatic heterocycles. The van der Waals surface area contributed by atoms with Gasteiger partial charge in [0.25, 0.3) is 0 Å². The van der Waals surface area contributed by atoms with Gasteiger partial charge in [-0.1, -0.05) is 0 Å². The average molecular weight is 380 g/mol. The number of anilines is 2. The van der Waals surface area contributed by atoms with Crippen LogP contribution in [0.2, 0.25) is 0 Å². The number of rotatable bonds is 4. The van der Waals surface area contributed by atoms with E-state index in [1.807, 2.05) is 29.2 Å². The highest BCUT2D eigenvalue weighted by Crippen LogP contribution is 2.31. The Morgan fingerprint density at radius 1 is 1.15 bits per heavy atom. The van der Waals surface area contributed by atoms with Crippen LogP contribution >= 0.6 is 0 Å². The molecule has 0 unspecified atom stereocenters. The molecule has 27 heavy (non-hydrogen) atoms. The quantitative estimate of drug-likeness (QED) is 0.862. The van der Waals surface area contributed by atoms with Crippen LogP contribution in [0.4, 0.5) is 24.7 Å². The van der Waals surface area contributed by atoms with Gasteiger partial charge in [-0.15, -0.1) is 0 Å². The van der Waals surface area contributed by atoms with Gasteiger partial charge in [-0.25, -0.2) is 9.97 Å². The molecule has 1 aromatic heterocycles. The topological polar surface area (TPSA) is 50.3 Å². The first kappa shape index (κ1) is 19.3. The lowest BCUT2D eigenvalue weighted by Crippen LogP contribution is -2.43. The van der Waals surface area contributed by atoms with E-state index >= 15 is 0 Å². The maximum Gasteiger partial charge on any atom is 0.451 e. The van der Waals surface area contributed by atoms with E-state index in [-0.39, 0.29) is 6.04 Å². The molecular formula is C19H23F3N4O. The van der Waals surface area contributed by atoms with E-state index in [2.05, 4.69) is 15.3 Å². The van der Waals surface area contributed by atoms with Gasteiger partial charge >= 0.3 is 6.18 Å². The minimum absolute atomic E-state index is 0.121. The van der Waals surface area contributed by atoms with Crippen molar-refractivity contribution in [3.63, 3.8) is 0 Å². The molecule has 0 spiro atoms. The van der Waals surface area contributed by atoms with Crippen molar-refractivity contribution in [1.82, 2.24) is 9.97 Å². The Bertz CT molecular complexity index is 793. The zero-order valence-corrected chi connectivity index (χ0v) is 15.6. The second-order valence-electron chi connectivity index (χ2n) is 6.74. The minimum Gasteiger partial charge on any atom is -0.497 e. The predicted octanol–water partition coefficient (Wildman–Crippen LogP) is 4.20. The van der Waals surface area contributed by atoms with Gasteiger partial charge in [0.1, 0.15) is 11.6 Å². The van der Waals surface area contributed by atoms with Gasteiger partial charge < -0.3 is 15.0 Å². The van der Waals surface area contributed by atoms with Crippen molar-refractivity contribution in [2.45, 2.75) is 38.9 Å². The highest BCUT2D eigenvalue weighted by atomic mass is 19.4. The lowest BCUT2D eigenvalue weighted by Gasteiger charge is -2.35. The number of nitrogens with one attached hydrogen (secondary N) is 1. The molecule has 1 atom stereocenters. The SMILES string of the molecule is COc1ccc(N[C@@H]2CCCN(c3nc(C(F)(F)F)nc(C)c3C)C2)cc1. The van der Waals surface area contributed by atoms with E-state index in [0.717, 1.165) is 24.3 Å². The minimum atomic E-state index is -4.55. The first-order valence-electron chi connectivity index (χ1n) is 8.86. The lowest BCUT2D eigenvalue weighted by atomic mass is 10.0. The zero-order chi connectivity index (χ0) is 19.6. The molecule has 0 amide bonds. The summed E-state index contributed by atoms with van der Waals surface area (Å²) in [5, 5.41) is 3.45. The standard InChI is InChI=1S/C19H23F3N4O/c1-12-13(2)23-18(19(20,21)22)25-17(12)26-10-4-5-15(11-26)24-14-6-8-16(27-3)9-7-14/h6-9,15,24H,4-5,10-11H2,1-3H3/t15-/m1/s1. The molecule has 1 fully saturated rings. The summed E-state index contributed by atoms with van der Waals surface area (Å²) in [4.78, 5) is 9.37. The Balaban J connectivity index is 1.78. The maximum absolute atomic E-state index is 13.1. The molecule has 0 bridgehead atoms. The fourth-order valence-electron chi connectivity index (χ4n) is 3.26. The number of nitrogens with zero attached hydrogens (tertiary/aromatic N) is 3. The van der Waals surface area contributed by atoms with Crippen LogP contribution in [-0.2, 0) is 6.18 Å². The molecule has 146 valence electrons. The number of alkyl halides is 3. The van der Waals surface area contributed by atoms with E-state index in [9.17, 15) is 13.2 Å². The van der Waals surface area contributed by atoms with Gasteiger partial charge in [-0.3, -0.25) is 0 Å². The number of benzene rings is 1. The highest BCUT2D eigenvalue weighted by molar-refractivity contribution is 5.51. The van der Waals surface area contributed by atoms with Crippen LogP contribution in [0, 0.1) is 13.8 Å². The molecule has 2 heterocycles. The molecule has 0 saturated carbocycles. The third-order valence-electron chi connectivity index (χ3n) is 4.80. The van der Waals surface area contributed by atoms with Crippen molar-refractivity contribution >= 4 is 11.5 Å². The highest BCUT2D eigenvalue weighted by Gasteiger charge is 2.36. The Labute approximate surface area is 156 Å². The Morgan fingerprint density at radius 2 is 1.85 bits per heavy atom. The summed E-state index contributed by atoms with van der Waals surface area (Å²) < 4.78 is 44.5. The first-order valence-corrected chi connectivity index (χ1v) is 8.86. The number of aromatic nitrogens is 2. The van der Waals surface area contributed by atoms with Crippen LogP contribution in [-0.4, -0.2) is 36.2 Å². The third kappa shape index (κ3) is 4.43. The molecule has 0 radical (unpaired) electrons. The summed E-state index contributed by atoms with van der Waals surface area (Å²) >= 11 is 0. The summed E-state index contributed by atoms with van der Waals surface area (Å²) in [6.07, 6.45) is -2.74. The Hall–Kier alpha value is -2.51. The average Bonchev–Trinajstić information content (AvgIpc) is 2.64. The molecule has 0 aliphatic carbocycles. The molecule has 1 N–H and O–H groups in total. The summed E-state index contributed by atoms with van der Waals surface area (Å²) in [6.45, 7) is 4.62. The summed E-state index contributed by atoms with van der Waals surface area (Å²) in [7, 11) is 1.61. The molecule has 1 aromatic carbocycles. The molecule has 1 saturated heterocycles. The number of piperidine rings is 1. The molecule has 3 rings (SSSR count). The van der Waals surface area contributed by atoms with Crippen LogP contribution in [0.5, 0.6) is 5.75 Å². The van der Waals surface area contributed by atoms with E-state index in [1.54, 1.807) is 21.0 Å². The van der Waals surface area contributed by atoms with E-state index in [0.29, 0.717) is 30.2 Å². The number of methoxy groups -OCH3 is 1. The van der Waals surface area contributed by atoms with Gasteiger partial charge in [0.15, 0.2) is 0 Å². The normalized spacial score (nSPS) is 17.7. The fraction of sp³-hybridized carbons (Fsp3) is 0.474. The van der Waals surface area contributed by atoms with Crippen molar-refractivity contribution in [3.05, 3.63) is 41.3 Å². The number of hydrogen-bond acceptors (Lipinski definition) is 5. The van der Waals surface area contributed by atoms with Crippen LogP contribution in [0.3, 0.4) is 0 Å². The van der Waals surface area contributed by atoms with Crippen molar-refractivity contribution in [3.8, 4) is 5.75 Å². The molecule has 5 nitrogen and oxygen atoms in total. The van der Waals surface area contributed by atoms with Crippen molar-refractivity contribution in [2.24, 2.45) is 0 Å². The third-order valence-corrected chi connectivity index (χ3v) is 4.80. The number of ether oxygens (including phenoxy) is 1. The smallest absolute Gasteiger partial charge is 0.451 e. The van der Waals surface area contributed by atoms with Gasteiger partial charge in [0.05, 0.1) is 7.11 Å². The van der Waals surface area contributed by atoms with E-state index in [4.69, 9.17) is 4.74 Å². The second kappa shape index (κ2) is 7.62. The molecule has 2 aromatic rings. The molecule has 8 heteroatoms. The predicted molar refractivity (Wildman–Crippen MR) is 98.4 cm³/mol. The Morgan fingerprint density at radius 3 is 2.48 bits per heavy atom. The summed E-state index contributed by atoms with van der Waals surface area (Å²) in [5.74, 6) is 0.0690. The maximum atomic E-state index is 13.1. The first-order chi connectivity index (χ1) is 12.8. The fourth-order valence-corrected chi connectivity index (χ4v) is 3.26. The van der Waals surface area contributed by atoms with Crippen molar-refractivity contribution in [1.29, 1.82) is 0 Å². The van der Waals surface area contributed by atoms with Gasteiger partial charge in [0, 0.05) is 36.1 Å². The number of hydrogen-bond donors (Lipinski definition) is 1. The molecular weight excluding hydrogens is 357 g/mol. The largest absolute Gasteiger partial charge is 0.497 e. The van der Waals surface area contributed by atoms with Crippen LogP contribution in [0.15, 0.2) is 24.3 Å². The summed E-state index contributed by atoms with van der Waals surface area (Å²) in [6, 6.07) is 7.72. The van der Waals surface area contributed by atoms with Crippen molar-refractivity contribution < 1.29 is 17.9 Å². The van der Waals surface area contributed by atoms with Crippen molar-refractivity contribution in [2.75, 3.05) is 30.4 Å². The van der Waals surface area contributed by atoms with Gasteiger partial charge in [0.2, 0.25) is 5.82 Å².